The van der Waals surface area contributed by atoms with Gasteiger partial charge in [0.05, 0.1) is 6.42 Å². The van der Waals surface area contributed by atoms with Gasteiger partial charge in [0.25, 0.3) is 0 Å². The number of aliphatic hydroxyl groups is 1. The number of fused-ring (bicyclic) bond motifs is 1. The van der Waals surface area contributed by atoms with E-state index in [9.17, 15) is 9.90 Å². The van der Waals surface area contributed by atoms with E-state index >= 15 is 0 Å². The van der Waals surface area contributed by atoms with Crippen molar-refractivity contribution in [3.05, 3.63) is 62.0 Å². The van der Waals surface area contributed by atoms with E-state index in [1.165, 1.54) is 0 Å². The van der Waals surface area contributed by atoms with Gasteiger partial charge >= 0.3 is 0 Å². The molecule has 1 atom stereocenters. The van der Waals surface area contributed by atoms with Gasteiger partial charge in [-0.3, -0.25) is 4.79 Å². The van der Waals surface area contributed by atoms with Gasteiger partial charge in [-0.05, 0) is 35.4 Å². The summed E-state index contributed by atoms with van der Waals surface area (Å²) in [6.45, 7) is 0. The monoisotopic (exact) mass is 409 g/mol. The molecule has 5 heteroatoms. The number of anilines is 1. The molecule has 0 radical (unpaired) electrons. The van der Waals surface area contributed by atoms with Crippen LogP contribution in [0.15, 0.2) is 45.3 Å². The molecule has 0 saturated carbocycles. The van der Waals surface area contributed by atoms with Gasteiger partial charge in [-0.25, -0.2) is 0 Å². The van der Waals surface area contributed by atoms with Crippen molar-refractivity contribution in [3.8, 4) is 0 Å². The first kappa shape index (κ1) is 14.8. The van der Waals surface area contributed by atoms with Crippen LogP contribution in [-0.4, -0.2) is 18.1 Å². The van der Waals surface area contributed by atoms with E-state index in [2.05, 4.69) is 31.9 Å². The summed E-state index contributed by atoms with van der Waals surface area (Å²) < 4.78 is 1.77. The summed E-state index contributed by atoms with van der Waals surface area (Å²) in [5.74, 6) is 0.0836. The lowest BCUT2D eigenvalue weighted by Crippen LogP contribution is -2.20. The molecule has 108 valence electrons. The summed E-state index contributed by atoms with van der Waals surface area (Å²) in [5.41, 5.74) is 3.46. The third-order valence-corrected chi connectivity index (χ3v) is 4.96. The predicted molar refractivity (Wildman–Crippen MR) is 89.5 cm³/mol. The standard InChI is InChI=1S/C16H13Br2NO2/c1-19-14-5-2-9(6-10(14)7-15(19)20)16(21)12-8-11(17)3-4-13(12)18/h2-6,8,16,21H,7H2,1H3. The Labute approximate surface area is 139 Å². The van der Waals surface area contributed by atoms with Gasteiger partial charge in [0.15, 0.2) is 0 Å². The van der Waals surface area contributed by atoms with E-state index in [4.69, 9.17) is 0 Å². The third-order valence-electron chi connectivity index (χ3n) is 3.75. The van der Waals surface area contributed by atoms with E-state index in [1.807, 2.05) is 36.4 Å². The van der Waals surface area contributed by atoms with Crippen molar-refractivity contribution in [2.75, 3.05) is 11.9 Å². The highest BCUT2D eigenvalue weighted by molar-refractivity contribution is 9.11. The first-order chi connectivity index (χ1) is 9.97. The molecule has 0 aliphatic carbocycles. The molecule has 1 N–H and O–H groups in total. The minimum absolute atomic E-state index is 0.0836. The van der Waals surface area contributed by atoms with Crippen molar-refractivity contribution in [3.63, 3.8) is 0 Å². The fraction of sp³-hybridized carbons (Fsp3) is 0.188. The van der Waals surface area contributed by atoms with Gasteiger partial charge in [0, 0.05) is 27.2 Å². The molecule has 0 saturated heterocycles. The van der Waals surface area contributed by atoms with Crippen molar-refractivity contribution >= 4 is 43.5 Å². The van der Waals surface area contributed by atoms with E-state index in [-0.39, 0.29) is 5.91 Å². The number of halogens is 2. The number of benzene rings is 2. The average Bonchev–Trinajstić information content (AvgIpc) is 2.75. The second-order valence-corrected chi connectivity index (χ2v) is 6.86. The SMILES string of the molecule is CN1C(=O)Cc2cc(C(O)c3cc(Br)ccc3Br)ccc21. The minimum Gasteiger partial charge on any atom is -0.384 e. The van der Waals surface area contributed by atoms with E-state index in [0.29, 0.717) is 6.42 Å². The van der Waals surface area contributed by atoms with E-state index in [0.717, 1.165) is 31.3 Å². The largest absolute Gasteiger partial charge is 0.384 e. The number of aliphatic hydroxyl groups excluding tert-OH is 1. The van der Waals surface area contributed by atoms with Crippen LogP contribution < -0.4 is 4.90 Å². The summed E-state index contributed by atoms with van der Waals surface area (Å²) in [5, 5.41) is 10.6. The molecule has 0 spiro atoms. The number of rotatable bonds is 2. The maximum atomic E-state index is 11.7. The number of carbonyl (C=O) groups is 1. The van der Waals surface area contributed by atoms with Gasteiger partial charge < -0.3 is 10.0 Å². The predicted octanol–water partition coefficient (Wildman–Crippen LogP) is 3.81. The second kappa shape index (κ2) is 5.55. The van der Waals surface area contributed by atoms with Crippen molar-refractivity contribution < 1.29 is 9.90 Å². The van der Waals surface area contributed by atoms with Crippen LogP contribution in [0.3, 0.4) is 0 Å². The van der Waals surface area contributed by atoms with Crippen LogP contribution in [0.4, 0.5) is 5.69 Å². The molecule has 1 unspecified atom stereocenters. The second-order valence-electron chi connectivity index (χ2n) is 5.09. The smallest absolute Gasteiger partial charge is 0.231 e. The Bertz CT molecular complexity index is 730. The molecule has 2 aromatic rings. The number of hydrogen-bond donors (Lipinski definition) is 1. The number of amides is 1. The van der Waals surface area contributed by atoms with Gasteiger partial charge in [-0.1, -0.05) is 44.0 Å². The van der Waals surface area contributed by atoms with Crippen LogP contribution in [-0.2, 0) is 11.2 Å². The zero-order chi connectivity index (χ0) is 15.1. The van der Waals surface area contributed by atoms with Crippen LogP contribution >= 0.6 is 31.9 Å². The molecule has 1 aliphatic heterocycles. The lowest BCUT2D eigenvalue weighted by atomic mass is 9.99. The van der Waals surface area contributed by atoms with Crippen molar-refractivity contribution in [1.29, 1.82) is 0 Å². The highest BCUT2D eigenvalue weighted by Crippen LogP contribution is 2.35. The van der Waals surface area contributed by atoms with E-state index in [1.54, 1.807) is 11.9 Å². The molecule has 3 nitrogen and oxygen atoms in total. The Morgan fingerprint density at radius 3 is 2.71 bits per heavy atom. The quantitative estimate of drug-likeness (QED) is 0.817. The van der Waals surface area contributed by atoms with Gasteiger partial charge in [0.2, 0.25) is 5.91 Å². The molecule has 1 heterocycles. The zero-order valence-electron chi connectivity index (χ0n) is 11.3. The lowest BCUT2D eigenvalue weighted by Gasteiger charge is -2.16. The summed E-state index contributed by atoms with van der Waals surface area (Å²) >= 11 is 6.89. The Hall–Kier alpha value is -1.17. The molecular formula is C16H13Br2NO2. The van der Waals surface area contributed by atoms with Crippen LogP contribution in [0.5, 0.6) is 0 Å². The Kier molecular flexibility index (Phi) is 3.90. The molecule has 1 amide bonds. The minimum atomic E-state index is -0.733. The summed E-state index contributed by atoms with van der Waals surface area (Å²) in [6.07, 6.45) is -0.338. The fourth-order valence-electron chi connectivity index (χ4n) is 2.56. The van der Waals surface area contributed by atoms with Gasteiger partial charge in [-0.15, -0.1) is 0 Å². The highest BCUT2D eigenvalue weighted by Gasteiger charge is 2.25. The molecular weight excluding hydrogens is 398 g/mol. The normalized spacial score (nSPS) is 15.2. The van der Waals surface area contributed by atoms with Crippen molar-refractivity contribution in [1.82, 2.24) is 0 Å². The maximum absolute atomic E-state index is 11.7. The van der Waals surface area contributed by atoms with Gasteiger partial charge in [0.1, 0.15) is 6.10 Å². The van der Waals surface area contributed by atoms with Crippen molar-refractivity contribution in [2.24, 2.45) is 0 Å². The summed E-state index contributed by atoms with van der Waals surface area (Å²) in [4.78, 5) is 13.4. The van der Waals surface area contributed by atoms with Crippen molar-refractivity contribution in [2.45, 2.75) is 12.5 Å². The molecule has 3 rings (SSSR count). The van der Waals surface area contributed by atoms with Crippen LogP contribution in [0.2, 0.25) is 0 Å². The third kappa shape index (κ3) is 2.65. The number of likely N-dealkylation sites (N-methyl/N-ethyl adjacent to an activating group) is 1. The Morgan fingerprint density at radius 2 is 1.95 bits per heavy atom. The highest BCUT2D eigenvalue weighted by atomic mass is 79.9. The van der Waals surface area contributed by atoms with E-state index < -0.39 is 6.10 Å². The molecule has 0 bridgehead atoms. The Balaban J connectivity index is 2.00. The molecule has 0 fully saturated rings. The summed E-state index contributed by atoms with van der Waals surface area (Å²) in [6, 6.07) is 11.4. The number of carbonyl (C=O) groups excluding carboxylic acids is 1. The fourth-order valence-corrected chi connectivity index (χ4v) is 3.41. The van der Waals surface area contributed by atoms with Crippen LogP contribution in [0.25, 0.3) is 0 Å². The first-order valence-electron chi connectivity index (χ1n) is 6.50. The molecule has 0 aromatic heterocycles. The lowest BCUT2D eigenvalue weighted by molar-refractivity contribution is -0.117. The Morgan fingerprint density at radius 1 is 1.19 bits per heavy atom. The number of hydrogen-bond acceptors (Lipinski definition) is 2. The summed E-state index contributed by atoms with van der Waals surface area (Å²) in [7, 11) is 1.77. The van der Waals surface area contributed by atoms with Crippen LogP contribution in [0, 0.1) is 0 Å². The molecule has 21 heavy (non-hydrogen) atoms. The topological polar surface area (TPSA) is 40.5 Å². The number of nitrogens with zero attached hydrogens (tertiary/aromatic N) is 1. The zero-order valence-corrected chi connectivity index (χ0v) is 14.5. The van der Waals surface area contributed by atoms with Gasteiger partial charge in [-0.2, -0.15) is 0 Å². The maximum Gasteiger partial charge on any atom is 0.231 e. The first-order valence-corrected chi connectivity index (χ1v) is 8.08. The molecule has 1 aliphatic rings. The molecule has 2 aromatic carbocycles. The average molecular weight is 411 g/mol. The van der Waals surface area contributed by atoms with Crippen LogP contribution in [0.1, 0.15) is 22.8 Å².